The van der Waals surface area contributed by atoms with Crippen LogP contribution in [0.2, 0.25) is 0 Å². The van der Waals surface area contributed by atoms with Gasteiger partial charge in [-0.05, 0) is 24.4 Å². The molecule has 0 saturated carbocycles. The van der Waals surface area contributed by atoms with Crippen LogP contribution in [0.1, 0.15) is 26.3 Å². The monoisotopic (exact) mass is 304 g/mol. The Bertz CT molecular complexity index is 555. The predicted molar refractivity (Wildman–Crippen MR) is 82.1 cm³/mol. The highest BCUT2D eigenvalue weighted by atomic mass is 16.6. The van der Waals surface area contributed by atoms with E-state index in [-0.39, 0.29) is 12.6 Å². The molecule has 22 heavy (non-hydrogen) atoms. The Hall–Kier alpha value is -2.53. The van der Waals surface area contributed by atoms with Crippen molar-refractivity contribution in [1.82, 2.24) is 4.90 Å². The second-order valence-electron chi connectivity index (χ2n) is 4.51. The Morgan fingerprint density at radius 3 is 2.68 bits per heavy atom. The van der Waals surface area contributed by atoms with Crippen LogP contribution in [0.4, 0.5) is 4.79 Å². The molecule has 1 aromatic rings. The molecule has 0 aromatic heterocycles. The summed E-state index contributed by atoms with van der Waals surface area (Å²) < 4.78 is 4.93. The minimum atomic E-state index is -0.927. The molecule has 1 saturated heterocycles. The number of carbonyl (C=O) groups is 2. The largest absolute Gasteiger partial charge is 0.447 e. The molecule has 2 atom stereocenters. The van der Waals surface area contributed by atoms with Gasteiger partial charge in [0.05, 0.1) is 6.04 Å². The zero-order chi connectivity index (χ0) is 16.5. The number of cyclic esters (lactones) is 1. The van der Waals surface area contributed by atoms with Crippen LogP contribution >= 0.6 is 0 Å². The molecule has 2 amide bonds. The number of azide groups is 1. The van der Waals surface area contributed by atoms with Crippen LogP contribution in [-0.2, 0) is 16.0 Å². The van der Waals surface area contributed by atoms with E-state index in [1.54, 1.807) is 0 Å². The average Bonchev–Trinajstić information content (AvgIpc) is 2.90. The van der Waals surface area contributed by atoms with Crippen LogP contribution < -0.4 is 0 Å². The summed E-state index contributed by atoms with van der Waals surface area (Å²) in [5, 5.41) is 3.33. The maximum absolute atomic E-state index is 12.1. The molecule has 7 heteroatoms. The molecule has 1 heterocycles. The molecule has 1 aliphatic heterocycles. The number of imide groups is 1. The van der Waals surface area contributed by atoms with Crippen LogP contribution in [-0.4, -0.2) is 35.6 Å². The van der Waals surface area contributed by atoms with Gasteiger partial charge in [-0.2, -0.15) is 0 Å². The van der Waals surface area contributed by atoms with Crippen LogP contribution in [0.5, 0.6) is 0 Å². The van der Waals surface area contributed by atoms with E-state index >= 15 is 0 Å². The molecule has 2 unspecified atom stereocenters. The van der Waals surface area contributed by atoms with Gasteiger partial charge in [0.1, 0.15) is 12.6 Å². The zero-order valence-electron chi connectivity index (χ0n) is 13.0. The second-order valence-corrected chi connectivity index (χ2v) is 4.51. The van der Waals surface area contributed by atoms with Gasteiger partial charge in [-0.3, -0.25) is 4.79 Å². The number of carbonyl (C=O) groups excluding carboxylic acids is 2. The van der Waals surface area contributed by atoms with Crippen molar-refractivity contribution in [2.24, 2.45) is 5.11 Å². The van der Waals surface area contributed by atoms with E-state index in [1.807, 2.05) is 44.2 Å². The highest BCUT2D eigenvalue weighted by molar-refractivity contribution is 5.96. The first-order valence-corrected chi connectivity index (χ1v) is 7.21. The summed E-state index contributed by atoms with van der Waals surface area (Å²) in [6.45, 7) is 5.61. The van der Waals surface area contributed by atoms with Crippen molar-refractivity contribution in [2.45, 2.75) is 39.3 Å². The van der Waals surface area contributed by atoms with Crippen molar-refractivity contribution in [3.63, 3.8) is 0 Å². The highest BCUT2D eigenvalue weighted by Gasteiger charge is 2.39. The summed E-state index contributed by atoms with van der Waals surface area (Å²) in [6, 6.07) is 8.22. The van der Waals surface area contributed by atoms with Crippen molar-refractivity contribution >= 4 is 12.0 Å². The molecule has 2 rings (SSSR count). The summed E-state index contributed by atoms with van der Waals surface area (Å²) in [5.41, 5.74) is 9.37. The van der Waals surface area contributed by atoms with Crippen molar-refractivity contribution in [2.75, 3.05) is 6.61 Å². The smallest absolute Gasteiger partial charge is 0.416 e. The van der Waals surface area contributed by atoms with Crippen LogP contribution in [0.25, 0.3) is 10.4 Å². The summed E-state index contributed by atoms with van der Waals surface area (Å²) in [7, 11) is 0. The van der Waals surface area contributed by atoms with Crippen LogP contribution in [0.3, 0.4) is 0 Å². The van der Waals surface area contributed by atoms with Crippen LogP contribution in [0, 0.1) is 0 Å². The third-order valence-electron chi connectivity index (χ3n) is 3.09. The first-order valence-electron chi connectivity index (χ1n) is 7.21. The summed E-state index contributed by atoms with van der Waals surface area (Å²) in [6.07, 6.45) is -0.169. The highest BCUT2D eigenvalue weighted by Crippen LogP contribution is 2.19. The van der Waals surface area contributed by atoms with Gasteiger partial charge >= 0.3 is 6.09 Å². The molecular formula is C15H20N4O3. The minimum absolute atomic E-state index is 0.155. The Morgan fingerprint density at radius 2 is 2.09 bits per heavy atom. The third kappa shape index (κ3) is 4.23. The minimum Gasteiger partial charge on any atom is -0.447 e. The van der Waals surface area contributed by atoms with Gasteiger partial charge in [-0.1, -0.05) is 49.3 Å². The number of hydrogen-bond acceptors (Lipinski definition) is 4. The first-order chi connectivity index (χ1) is 10.6. The molecule has 0 radical (unpaired) electrons. The lowest BCUT2D eigenvalue weighted by Gasteiger charge is -2.21. The Morgan fingerprint density at radius 1 is 1.45 bits per heavy atom. The number of benzene rings is 1. The quantitative estimate of drug-likeness (QED) is 0.485. The molecule has 0 spiro atoms. The van der Waals surface area contributed by atoms with Gasteiger partial charge in [0.25, 0.3) is 0 Å². The maximum Gasteiger partial charge on any atom is 0.416 e. The van der Waals surface area contributed by atoms with E-state index in [9.17, 15) is 9.59 Å². The number of nitrogens with zero attached hydrogens (tertiary/aromatic N) is 4. The Balaban J connectivity index is 0.00000116. The summed E-state index contributed by atoms with van der Waals surface area (Å²) >= 11 is 0. The number of amides is 2. The standard InChI is InChI=1S/C13H14N4O3.C2H6/c1-9(15-16-14)12(18)17-11(8-20-13(17)19)7-10-5-3-2-4-6-10;1-2/h2-6,9,11H,7-8H2,1H3;1-2H3. The van der Waals surface area contributed by atoms with Crippen molar-refractivity contribution in [1.29, 1.82) is 0 Å². The fourth-order valence-corrected chi connectivity index (χ4v) is 2.10. The van der Waals surface area contributed by atoms with E-state index in [4.69, 9.17) is 10.3 Å². The van der Waals surface area contributed by atoms with E-state index in [0.717, 1.165) is 10.5 Å². The number of rotatable bonds is 4. The number of hydrogen-bond donors (Lipinski definition) is 0. The topological polar surface area (TPSA) is 95.4 Å². The second kappa shape index (κ2) is 8.69. The van der Waals surface area contributed by atoms with E-state index in [1.165, 1.54) is 6.92 Å². The maximum atomic E-state index is 12.1. The zero-order valence-corrected chi connectivity index (χ0v) is 13.0. The van der Waals surface area contributed by atoms with Gasteiger partial charge in [0.2, 0.25) is 5.91 Å². The molecule has 0 bridgehead atoms. The van der Waals surface area contributed by atoms with E-state index < -0.39 is 18.0 Å². The molecular weight excluding hydrogens is 284 g/mol. The molecule has 7 nitrogen and oxygen atoms in total. The lowest BCUT2D eigenvalue weighted by molar-refractivity contribution is -0.130. The first kappa shape index (κ1) is 17.5. The Kier molecular flexibility index (Phi) is 6.92. The van der Waals surface area contributed by atoms with Gasteiger partial charge < -0.3 is 4.74 Å². The van der Waals surface area contributed by atoms with Gasteiger partial charge in [0.15, 0.2) is 0 Å². The number of ether oxygens (including phenoxy) is 1. The van der Waals surface area contributed by atoms with Crippen LogP contribution in [0.15, 0.2) is 35.4 Å². The van der Waals surface area contributed by atoms with Gasteiger partial charge in [-0.25, -0.2) is 9.69 Å². The molecule has 0 N–H and O–H groups in total. The van der Waals surface area contributed by atoms with E-state index in [0.29, 0.717) is 6.42 Å². The normalized spacial score (nSPS) is 17.7. The summed E-state index contributed by atoms with van der Waals surface area (Å²) in [4.78, 5) is 27.4. The molecule has 0 aliphatic carbocycles. The molecule has 118 valence electrons. The molecule has 1 aromatic carbocycles. The Labute approximate surface area is 129 Å². The van der Waals surface area contributed by atoms with Crippen molar-refractivity contribution in [3.05, 3.63) is 46.3 Å². The fourth-order valence-electron chi connectivity index (χ4n) is 2.10. The van der Waals surface area contributed by atoms with Gasteiger partial charge in [-0.15, -0.1) is 0 Å². The van der Waals surface area contributed by atoms with Gasteiger partial charge in [0, 0.05) is 4.91 Å². The van der Waals surface area contributed by atoms with Crippen molar-refractivity contribution in [3.8, 4) is 0 Å². The predicted octanol–water partition coefficient (Wildman–Crippen LogP) is 3.30. The molecule has 1 aliphatic rings. The lowest BCUT2D eigenvalue weighted by atomic mass is 10.1. The SMILES string of the molecule is CC.CC(N=[N+]=[N-])C(=O)N1C(=O)OCC1Cc1ccccc1. The van der Waals surface area contributed by atoms with Crippen molar-refractivity contribution < 1.29 is 14.3 Å². The average molecular weight is 304 g/mol. The lowest BCUT2D eigenvalue weighted by Crippen LogP contribution is -2.44. The fraction of sp³-hybridized carbons (Fsp3) is 0.467. The van der Waals surface area contributed by atoms with E-state index in [2.05, 4.69) is 10.0 Å². The molecule has 1 fully saturated rings. The summed E-state index contributed by atoms with van der Waals surface area (Å²) in [5.74, 6) is -0.536. The third-order valence-corrected chi connectivity index (χ3v) is 3.09.